The van der Waals surface area contributed by atoms with E-state index in [2.05, 4.69) is 0 Å². The maximum atomic E-state index is 9.26. The Hall–Kier alpha value is -1.46. The molecule has 0 aliphatic rings. The van der Waals surface area contributed by atoms with Crippen molar-refractivity contribution in [3.63, 3.8) is 0 Å². The molecule has 0 bridgehead atoms. The van der Waals surface area contributed by atoms with E-state index in [1.165, 1.54) is 0 Å². The van der Waals surface area contributed by atoms with Crippen molar-refractivity contribution in [3.8, 4) is 17.2 Å². The van der Waals surface area contributed by atoms with Crippen LogP contribution < -0.4 is 19.9 Å². The molecule has 0 aliphatic carbocycles. The van der Waals surface area contributed by atoms with Gasteiger partial charge in [-0.3, -0.25) is 0 Å². The third-order valence-electron chi connectivity index (χ3n) is 2.04. The summed E-state index contributed by atoms with van der Waals surface area (Å²) in [5, 5.41) is 9.26. The van der Waals surface area contributed by atoms with Crippen molar-refractivity contribution in [1.29, 1.82) is 0 Å². The highest BCUT2D eigenvalue weighted by atomic mass is 16.5. The van der Waals surface area contributed by atoms with Crippen LogP contribution in [-0.4, -0.2) is 38.6 Å². The molecule has 1 aromatic rings. The third kappa shape index (κ3) is 3.60. The molecule has 1 atom stereocenters. The Bertz CT molecular complexity index is 308. The average Bonchev–Trinajstić information content (AvgIpc) is 2.35. The molecule has 0 fully saturated rings. The number of aliphatic hydroxyl groups is 1. The van der Waals surface area contributed by atoms with Gasteiger partial charge in [0, 0.05) is 24.7 Å². The fraction of sp³-hybridized carbons (Fsp3) is 0.455. The Labute approximate surface area is 94.7 Å². The van der Waals surface area contributed by atoms with Crippen LogP contribution in [0.2, 0.25) is 0 Å². The van der Waals surface area contributed by atoms with E-state index in [1.54, 1.807) is 32.4 Å². The molecule has 0 radical (unpaired) electrons. The summed E-state index contributed by atoms with van der Waals surface area (Å²) in [4.78, 5) is 0. The van der Waals surface area contributed by atoms with Gasteiger partial charge in [0.15, 0.2) is 0 Å². The Morgan fingerprint density at radius 3 is 2.06 bits per heavy atom. The summed E-state index contributed by atoms with van der Waals surface area (Å²) in [6.45, 7) is 0.313. The van der Waals surface area contributed by atoms with Crippen molar-refractivity contribution in [2.75, 3.05) is 27.4 Å². The largest absolute Gasteiger partial charge is 0.496 e. The highest BCUT2D eigenvalue weighted by Gasteiger charge is 2.05. The first-order valence-corrected chi connectivity index (χ1v) is 4.93. The van der Waals surface area contributed by atoms with Crippen LogP contribution in [-0.2, 0) is 0 Å². The second kappa shape index (κ2) is 6.19. The Morgan fingerprint density at radius 1 is 1.12 bits per heavy atom. The number of aliphatic hydroxyl groups excluding tert-OH is 1. The fourth-order valence-electron chi connectivity index (χ4n) is 1.13. The highest BCUT2D eigenvalue weighted by molar-refractivity contribution is 5.41. The predicted octanol–water partition coefficient (Wildman–Crippen LogP) is 0.402. The first kappa shape index (κ1) is 12.6. The van der Waals surface area contributed by atoms with E-state index in [0.717, 1.165) is 0 Å². The van der Waals surface area contributed by atoms with Gasteiger partial charge in [-0.25, -0.2) is 0 Å². The third-order valence-corrected chi connectivity index (χ3v) is 2.04. The van der Waals surface area contributed by atoms with Gasteiger partial charge in [0.2, 0.25) is 0 Å². The second-order valence-electron chi connectivity index (χ2n) is 3.25. The number of methoxy groups -OCH3 is 2. The standard InChI is InChI=1S/C11H17NO4/c1-14-9-3-10(15-2)5-11(4-9)16-7-8(13)6-12/h3-5,8,13H,6-7,12H2,1-2H3. The number of nitrogens with two attached hydrogens (primary N) is 1. The Kier molecular flexibility index (Phi) is 4.88. The minimum Gasteiger partial charge on any atom is -0.496 e. The van der Waals surface area contributed by atoms with Crippen LogP contribution in [0.5, 0.6) is 17.2 Å². The van der Waals surface area contributed by atoms with Crippen LogP contribution in [0.1, 0.15) is 0 Å². The highest BCUT2D eigenvalue weighted by Crippen LogP contribution is 2.27. The van der Waals surface area contributed by atoms with Gasteiger partial charge in [-0.2, -0.15) is 0 Å². The lowest BCUT2D eigenvalue weighted by molar-refractivity contribution is 0.114. The van der Waals surface area contributed by atoms with Gasteiger partial charge >= 0.3 is 0 Å². The van der Waals surface area contributed by atoms with E-state index in [-0.39, 0.29) is 13.2 Å². The number of hydrogen-bond acceptors (Lipinski definition) is 5. The number of benzene rings is 1. The van der Waals surface area contributed by atoms with Gasteiger partial charge in [0.1, 0.15) is 30.0 Å². The quantitative estimate of drug-likeness (QED) is 0.736. The summed E-state index contributed by atoms with van der Waals surface area (Å²) >= 11 is 0. The van der Waals surface area contributed by atoms with E-state index in [9.17, 15) is 5.11 Å². The molecule has 0 saturated carbocycles. The zero-order valence-corrected chi connectivity index (χ0v) is 9.47. The molecule has 16 heavy (non-hydrogen) atoms. The lowest BCUT2D eigenvalue weighted by Gasteiger charge is -2.12. The van der Waals surface area contributed by atoms with Gasteiger partial charge in [0.25, 0.3) is 0 Å². The van der Waals surface area contributed by atoms with E-state index < -0.39 is 6.10 Å². The van der Waals surface area contributed by atoms with E-state index >= 15 is 0 Å². The molecule has 0 heterocycles. The zero-order valence-electron chi connectivity index (χ0n) is 9.47. The van der Waals surface area contributed by atoms with Crippen LogP contribution in [0.3, 0.4) is 0 Å². The van der Waals surface area contributed by atoms with Crippen molar-refractivity contribution < 1.29 is 19.3 Å². The van der Waals surface area contributed by atoms with Gasteiger partial charge in [0.05, 0.1) is 14.2 Å². The van der Waals surface area contributed by atoms with Crippen LogP contribution in [0.25, 0.3) is 0 Å². The maximum Gasteiger partial charge on any atom is 0.126 e. The SMILES string of the molecule is COc1cc(OC)cc(OCC(O)CN)c1. The molecule has 1 unspecified atom stereocenters. The van der Waals surface area contributed by atoms with Crippen molar-refractivity contribution in [2.24, 2.45) is 5.73 Å². The van der Waals surface area contributed by atoms with Gasteiger partial charge in [-0.1, -0.05) is 0 Å². The lowest BCUT2D eigenvalue weighted by atomic mass is 10.3. The van der Waals surface area contributed by atoms with Crippen molar-refractivity contribution in [1.82, 2.24) is 0 Å². The van der Waals surface area contributed by atoms with Gasteiger partial charge in [-0.15, -0.1) is 0 Å². The minimum absolute atomic E-state index is 0.146. The van der Waals surface area contributed by atoms with Crippen LogP contribution >= 0.6 is 0 Å². The molecule has 1 rings (SSSR count). The summed E-state index contributed by atoms with van der Waals surface area (Å²) in [7, 11) is 3.13. The molecule has 0 saturated heterocycles. The molecule has 5 heteroatoms. The monoisotopic (exact) mass is 227 g/mol. The molecule has 0 aromatic heterocycles. The molecule has 1 aromatic carbocycles. The number of hydrogen-bond donors (Lipinski definition) is 2. The van der Waals surface area contributed by atoms with E-state index in [0.29, 0.717) is 17.2 Å². The van der Waals surface area contributed by atoms with E-state index in [1.807, 2.05) is 0 Å². The second-order valence-corrected chi connectivity index (χ2v) is 3.25. The van der Waals surface area contributed by atoms with Gasteiger partial charge in [-0.05, 0) is 0 Å². The molecule has 3 N–H and O–H groups in total. The summed E-state index contributed by atoms with van der Waals surface area (Å²) in [6, 6.07) is 5.17. The molecule has 5 nitrogen and oxygen atoms in total. The van der Waals surface area contributed by atoms with Crippen molar-refractivity contribution in [2.45, 2.75) is 6.10 Å². The molecule has 0 amide bonds. The molecular formula is C11H17NO4. The summed E-state index contributed by atoms with van der Waals surface area (Å²) in [5.41, 5.74) is 5.27. The van der Waals surface area contributed by atoms with Crippen molar-refractivity contribution in [3.05, 3.63) is 18.2 Å². The first-order valence-electron chi connectivity index (χ1n) is 4.93. The molecule has 0 spiro atoms. The Balaban J connectivity index is 2.71. The van der Waals surface area contributed by atoms with E-state index in [4.69, 9.17) is 19.9 Å². The zero-order chi connectivity index (χ0) is 12.0. The predicted molar refractivity (Wildman–Crippen MR) is 60.1 cm³/mol. The number of ether oxygens (including phenoxy) is 3. The van der Waals surface area contributed by atoms with Crippen molar-refractivity contribution >= 4 is 0 Å². The maximum absolute atomic E-state index is 9.26. The summed E-state index contributed by atoms with van der Waals surface area (Å²) in [6.07, 6.45) is -0.669. The Morgan fingerprint density at radius 2 is 1.62 bits per heavy atom. The smallest absolute Gasteiger partial charge is 0.126 e. The lowest BCUT2D eigenvalue weighted by Crippen LogP contribution is -2.26. The first-order chi connectivity index (χ1) is 7.69. The average molecular weight is 227 g/mol. The van der Waals surface area contributed by atoms with Gasteiger partial charge < -0.3 is 25.1 Å². The molecule has 0 aliphatic heterocycles. The normalized spacial score (nSPS) is 12.0. The topological polar surface area (TPSA) is 73.9 Å². The fourth-order valence-corrected chi connectivity index (χ4v) is 1.13. The summed E-state index contributed by atoms with van der Waals surface area (Å²) < 4.78 is 15.5. The molecule has 90 valence electrons. The summed E-state index contributed by atoms with van der Waals surface area (Å²) in [5.74, 6) is 1.84. The van der Waals surface area contributed by atoms with Crippen LogP contribution in [0.4, 0.5) is 0 Å². The van der Waals surface area contributed by atoms with Crippen LogP contribution in [0.15, 0.2) is 18.2 Å². The number of rotatable bonds is 6. The van der Waals surface area contributed by atoms with Crippen LogP contribution in [0, 0.1) is 0 Å². The molecular weight excluding hydrogens is 210 g/mol. The minimum atomic E-state index is -0.669.